The molecule has 0 amide bonds. The van der Waals surface area contributed by atoms with E-state index in [0.29, 0.717) is 5.92 Å². The Balaban J connectivity index is 1.23. The number of anilines is 5. The summed E-state index contributed by atoms with van der Waals surface area (Å²) in [6, 6.07) is 45.0. The SMILES string of the molecule is CC1CN(c2ccc3c(c2)N(c2cccc(-n4c5ccccc5c5cccnc54)c2)c2ccccc2O3)c2ccccc21. The van der Waals surface area contributed by atoms with Crippen molar-refractivity contribution in [3.63, 3.8) is 0 Å². The van der Waals surface area contributed by atoms with Gasteiger partial charge in [0, 0.05) is 52.2 Å². The van der Waals surface area contributed by atoms with E-state index in [0.717, 1.165) is 63.0 Å². The number of aromatic nitrogens is 2. The molecule has 0 saturated carbocycles. The minimum Gasteiger partial charge on any atom is -0.453 e. The van der Waals surface area contributed by atoms with Crippen LogP contribution in [0.15, 0.2) is 134 Å². The fourth-order valence-electron chi connectivity index (χ4n) is 6.88. The van der Waals surface area contributed by atoms with Crippen LogP contribution in [0.25, 0.3) is 27.6 Å². The first-order valence-corrected chi connectivity index (χ1v) is 14.8. The molecule has 0 spiro atoms. The maximum atomic E-state index is 6.48. The number of hydrogen-bond acceptors (Lipinski definition) is 4. The van der Waals surface area contributed by atoms with Crippen LogP contribution in [0.2, 0.25) is 0 Å². The molecule has 0 radical (unpaired) electrons. The van der Waals surface area contributed by atoms with E-state index in [-0.39, 0.29) is 0 Å². The summed E-state index contributed by atoms with van der Waals surface area (Å²) >= 11 is 0. The van der Waals surface area contributed by atoms with Crippen LogP contribution in [0.4, 0.5) is 28.4 Å². The van der Waals surface area contributed by atoms with Crippen LogP contribution in [0.3, 0.4) is 0 Å². The van der Waals surface area contributed by atoms with E-state index in [4.69, 9.17) is 9.72 Å². The van der Waals surface area contributed by atoms with Gasteiger partial charge in [-0.25, -0.2) is 4.98 Å². The number of fused-ring (bicyclic) bond motifs is 6. The van der Waals surface area contributed by atoms with E-state index in [1.54, 1.807) is 0 Å². The van der Waals surface area contributed by atoms with Crippen molar-refractivity contribution in [3.05, 3.63) is 139 Å². The Hall–Kier alpha value is -5.55. The molecule has 9 rings (SSSR count). The Labute approximate surface area is 249 Å². The number of ether oxygens (including phenoxy) is 1. The number of pyridine rings is 1. The van der Waals surface area contributed by atoms with Gasteiger partial charge in [-0.05, 0) is 78.4 Å². The van der Waals surface area contributed by atoms with Crippen molar-refractivity contribution in [1.29, 1.82) is 0 Å². The van der Waals surface area contributed by atoms with Gasteiger partial charge in [0.15, 0.2) is 11.5 Å². The first-order chi connectivity index (χ1) is 21.2. The first kappa shape index (κ1) is 24.1. The Morgan fingerprint density at radius 3 is 2.35 bits per heavy atom. The average molecular weight is 557 g/mol. The van der Waals surface area contributed by atoms with Gasteiger partial charge in [0.05, 0.1) is 16.9 Å². The molecule has 5 heteroatoms. The van der Waals surface area contributed by atoms with Crippen LogP contribution < -0.4 is 14.5 Å². The topological polar surface area (TPSA) is 33.5 Å². The molecular formula is C38H28N4O. The smallest absolute Gasteiger partial charge is 0.151 e. The molecule has 4 heterocycles. The molecule has 7 aromatic rings. The van der Waals surface area contributed by atoms with Crippen LogP contribution in [-0.4, -0.2) is 16.1 Å². The third-order valence-electron chi connectivity index (χ3n) is 8.82. The Kier molecular flexibility index (Phi) is 5.17. The lowest BCUT2D eigenvalue weighted by molar-refractivity contribution is 0.477. The predicted octanol–water partition coefficient (Wildman–Crippen LogP) is 10.0. The lowest BCUT2D eigenvalue weighted by Crippen LogP contribution is -2.18. The standard InChI is InChI=1S/C38H28N4O/c1-25-24-40(32-15-4-2-12-29(25)32)26-19-20-37-35(23-26)41(34-17-6-7-18-36(34)43-37)27-10-8-11-28(22-27)42-33-16-5-3-13-30(33)31-14-9-21-39-38(31)42/h2-23,25H,24H2,1H3. The van der Waals surface area contributed by atoms with Crippen LogP contribution in [0, 0.1) is 0 Å². The van der Waals surface area contributed by atoms with E-state index in [2.05, 4.69) is 130 Å². The zero-order valence-electron chi connectivity index (χ0n) is 23.7. The fourth-order valence-corrected chi connectivity index (χ4v) is 6.88. The normalized spacial score (nSPS) is 15.3. The molecule has 206 valence electrons. The highest BCUT2D eigenvalue weighted by Crippen LogP contribution is 2.52. The summed E-state index contributed by atoms with van der Waals surface area (Å²) in [6.07, 6.45) is 1.87. The van der Waals surface area contributed by atoms with Gasteiger partial charge in [-0.1, -0.05) is 61.5 Å². The summed E-state index contributed by atoms with van der Waals surface area (Å²) in [7, 11) is 0. The van der Waals surface area contributed by atoms with Gasteiger partial charge in [-0.15, -0.1) is 0 Å². The zero-order valence-corrected chi connectivity index (χ0v) is 23.7. The van der Waals surface area contributed by atoms with Gasteiger partial charge < -0.3 is 14.5 Å². The van der Waals surface area contributed by atoms with Crippen LogP contribution in [-0.2, 0) is 0 Å². The van der Waals surface area contributed by atoms with Crippen LogP contribution in [0.1, 0.15) is 18.4 Å². The highest BCUT2D eigenvalue weighted by Gasteiger charge is 2.30. The van der Waals surface area contributed by atoms with Crippen molar-refractivity contribution in [2.45, 2.75) is 12.8 Å². The first-order valence-electron chi connectivity index (χ1n) is 14.8. The van der Waals surface area contributed by atoms with E-state index in [9.17, 15) is 0 Å². The Morgan fingerprint density at radius 1 is 0.628 bits per heavy atom. The summed E-state index contributed by atoms with van der Waals surface area (Å²) in [4.78, 5) is 9.57. The molecule has 2 aromatic heterocycles. The lowest BCUT2D eigenvalue weighted by Gasteiger charge is -2.34. The quantitative estimate of drug-likeness (QED) is 0.217. The fraction of sp³-hybridized carbons (Fsp3) is 0.0789. The van der Waals surface area contributed by atoms with Gasteiger partial charge in [0.25, 0.3) is 0 Å². The summed E-state index contributed by atoms with van der Waals surface area (Å²) in [5, 5.41) is 2.35. The van der Waals surface area contributed by atoms with Gasteiger partial charge in [-0.3, -0.25) is 4.57 Å². The van der Waals surface area contributed by atoms with Gasteiger partial charge in [0.2, 0.25) is 0 Å². The van der Waals surface area contributed by atoms with Crippen molar-refractivity contribution in [2.75, 3.05) is 16.3 Å². The minimum absolute atomic E-state index is 0.469. The highest BCUT2D eigenvalue weighted by molar-refractivity contribution is 6.07. The molecule has 2 aliphatic heterocycles. The van der Waals surface area contributed by atoms with Crippen molar-refractivity contribution < 1.29 is 4.74 Å². The van der Waals surface area contributed by atoms with Crippen LogP contribution >= 0.6 is 0 Å². The second-order valence-electron chi connectivity index (χ2n) is 11.4. The third-order valence-corrected chi connectivity index (χ3v) is 8.82. The molecule has 1 atom stereocenters. The molecule has 0 saturated heterocycles. The number of hydrogen-bond donors (Lipinski definition) is 0. The third kappa shape index (κ3) is 3.61. The maximum absolute atomic E-state index is 6.48. The lowest BCUT2D eigenvalue weighted by atomic mass is 10.0. The van der Waals surface area contributed by atoms with Gasteiger partial charge in [-0.2, -0.15) is 0 Å². The van der Waals surface area contributed by atoms with Crippen molar-refractivity contribution in [2.24, 2.45) is 0 Å². The molecular weight excluding hydrogens is 528 g/mol. The highest BCUT2D eigenvalue weighted by atomic mass is 16.5. The van der Waals surface area contributed by atoms with Crippen molar-refractivity contribution in [1.82, 2.24) is 9.55 Å². The van der Waals surface area contributed by atoms with E-state index < -0.39 is 0 Å². The molecule has 2 aliphatic rings. The number of rotatable bonds is 3. The largest absolute Gasteiger partial charge is 0.453 e. The summed E-state index contributed by atoms with van der Waals surface area (Å²) in [5.74, 6) is 2.15. The number of para-hydroxylation sites is 4. The van der Waals surface area contributed by atoms with Gasteiger partial charge in [0.1, 0.15) is 5.65 Å². The molecule has 0 bridgehead atoms. The monoisotopic (exact) mass is 556 g/mol. The molecule has 0 fully saturated rings. The van der Waals surface area contributed by atoms with Crippen LogP contribution in [0.5, 0.6) is 11.5 Å². The Morgan fingerprint density at radius 2 is 1.40 bits per heavy atom. The number of nitrogens with zero attached hydrogens (tertiary/aromatic N) is 4. The summed E-state index contributed by atoms with van der Waals surface area (Å²) in [5.41, 5.74) is 10.1. The molecule has 0 N–H and O–H groups in total. The molecule has 5 aromatic carbocycles. The maximum Gasteiger partial charge on any atom is 0.151 e. The predicted molar refractivity (Wildman–Crippen MR) is 175 cm³/mol. The minimum atomic E-state index is 0.469. The van der Waals surface area contributed by atoms with Crippen molar-refractivity contribution >= 4 is 50.4 Å². The average Bonchev–Trinajstić information content (AvgIpc) is 3.58. The molecule has 1 unspecified atom stereocenters. The van der Waals surface area contributed by atoms with Gasteiger partial charge >= 0.3 is 0 Å². The summed E-state index contributed by atoms with van der Waals surface area (Å²) in [6.45, 7) is 3.25. The summed E-state index contributed by atoms with van der Waals surface area (Å²) < 4.78 is 8.74. The van der Waals surface area contributed by atoms with E-state index in [1.807, 2.05) is 24.4 Å². The van der Waals surface area contributed by atoms with E-state index in [1.165, 1.54) is 16.6 Å². The van der Waals surface area contributed by atoms with Crippen molar-refractivity contribution in [3.8, 4) is 17.2 Å². The molecule has 0 aliphatic carbocycles. The molecule has 43 heavy (non-hydrogen) atoms. The molecule has 5 nitrogen and oxygen atoms in total. The second kappa shape index (κ2) is 9.23. The Bertz CT molecular complexity index is 2150. The van der Waals surface area contributed by atoms with E-state index >= 15 is 0 Å². The zero-order chi connectivity index (χ0) is 28.5. The number of benzene rings is 5. The second-order valence-corrected chi connectivity index (χ2v) is 11.4.